The van der Waals surface area contributed by atoms with Gasteiger partial charge in [0.05, 0.1) is 23.8 Å². The third-order valence-corrected chi connectivity index (χ3v) is 3.73. The van der Waals surface area contributed by atoms with Crippen molar-refractivity contribution in [3.8, 4) is 11.8 Å². The number of methoxy groups -OCH3 is 1. The minimum atomic E-state index is -0.771. The standard InChI is InChI=1S/C14H16N2O3/c1-19-11-4-3-10(8-15)12(7-11)16-9-14(13(17)18)5-2-6-14/h3-4,7,16H,2,5-6,9H2,1H3,(H,17,18). The van der Waals surface area contributed by atoms with E-state index in [4.69, 9.17) is 10.00 Å². The van der Waals surface area contributed by atoms with E-state index < -0.39 is 11.4 Å². The summed E-state index contributed by atoms with van der Waals surface area (Å²) in [4.78, 5) is 11.3. The van der Waals surface area contributed by atoms with Gasteiger partial charge < -0.3 is 15.2 Å². The summed E-state index contributed by atoms with van der Waals surface area (Å²) in [6.45, 7) is 0.337. The van der Waals surface area contributed by atoms with Gasteiger partial charge in [-0.25, -0.2) is 0 Å². The quantitative estimate of drug-likeness (QED) is 0.848. The molecule has 0 spiro atoms. The second-order valence-electron chi connectivity index (χ2n) is 4.82. The second kappa shape index (κ2) is 5.19. The Morgan fingerprint density at radius 3 is 2.79 bits per heavy atom. The van der Waals surface area contributed by atoms with Gasteiger partial charge in [0.25, 0.3) is 0 Å². The second-order valence-corrected chi connectivity index (χ2v) is 4.82. The van der Waals surface area contributed by atoms with Crippen LogP contribution in [0.25, 0.3) is 0 Å². The molecule has 0 bridgehead atoms. The van der Waals surface area contributed by atoms with Crippen LogP contribution >= 0.6 is 0 Å². The van der Waals surface area contributed by atoms with Gasteiger partial charge in [0.2, 0.25) is 0 Å². The third kappa shape index (κ3) is 2.48. The number of carboxylic acid groups (broad SMARTS) is 1. The highest BCUT2D eigenvalue weighted by molar-refractivity contribution is 5.77. The first kappa shape index (κ1) is 13.2. The van der Waals surface area contributed by atoms with Gasteiger partial charge in [-0.1, -0.05) is 6.42 Å². The molecule has 0 amide bonds. The van der Waals surface area contributed by atoms with Crippen molar-refractivity contribution in [2.75, 3.05) is 19.0 Å². The van der Waals surface area contributed by atoms with E-state index in [1.165, 1.54) is 0 Å². The number of carbonyl (C=O) groups is 1. The molecular weight excluding hydrogens is 244 g/mol. The van der Waals surface area contributed by atoms with Gasteiger partial charge in [-0.2, -0.15) is 5.26 Å². The van der Waals surface area contributed by atoms with E-state index in [0.29, 0.717) is 36.4 Å². The van der Waals surface area contributed by atoms with Crippen LogP contribution in [0.1, 0.15) is 24.8 Å². The van der Waals surface area contributed by atoms with Crippen molar-refractivity contribution >= 4 is 11.7 Å². The smallest absolute Gasteiger partial charge is 0.311 e. The van der Waals surface area contributed by atoms with Crippen LogP contribution in [-0.2, 0) is 4.79 Å². The number of nitriles is 1. The monoisotopic (exact) mass is 260 g/mol. The van der Waals surface area contributed by atoms with E-state index in [1.54, 1.807) is 25.3 Å². The van der Waals surface area contributed by atoms with E-state index in [0.717, 1.165) is 6.42 Å². The number of nitrogens with zero attached hydrogens (tertiary/aromatic N) is 1. The molecule has 0 atom stereocenters. The first-order valence-electron chi connectivity index (χ1n) is 6.17. The molecule has 1 aliphatic carbocycles. The van der Waals surface area contributed by atoms with Crippen molar-refractivity contribution in [3.05, 3.63) is 23.8 Å². The SMILES string of the molecule is COc1ccc(C#N)c(NCC2(C(=O)O)CCC2)c1. The number of anilines is 1. The van der Waals surface area contributed by atoms with E-state index in [-0.39, 0.29) is 0 Å². The molecule has 1 aromatic rings. The minimum absolute atomic E-state index is 0.337. The first-order chi connectivity index (χ1) is 9.11. The molecule has 0 heterocycles. The molecule has 2 N–H and O–H groups in total. The molecule has 1 aromatic carbocycles. The highest BCUT2D eigenvalue weighted by Crippen LogP contribution is 2.41. The number of ether oxygens (including phenoxy) is 1. The van der Waals surface area contributed by atoms with Gasteiger partial charge in [0.15, 0.2) is 0 Å². The molecular formula is C14H16N2O3. The van der Waals surface area contributed by atoms with Gasteiger partial charge in [0, 0.05) is 12.6 Å². The van der Waals surface area contributed by atoms with Crippen LogP contribution in [0, 0.1) is 16.7 Å². The van der Waals surface area contributed by atoms with Crippen LogP contribution in [0.4, 0.5) is 5.69 Å². The Bertz CT molecular complexity index is 530. The molecule has 1 saturated carbocycles. The van der Waals surface area contributed by atoms with Crippen molar-refractivity contribution < 1.29 is 14.6 Å². The van der Waals surface area contributed by atoms with E-state index in [1.807, 2.05) is 0 Å². The number of aliphatic carboxylic acids is 1. The van der Waals surface area contributed by atoms with Crippen molar-refractivity contribution in [1.82, 2.24) is 0 Å². The van der Waals surface area contributed by atoms with Crippen molar-refractivity contribution in [1.29, 1.82) is 5.26 Å². The number of hydrogen-bond donors (Lipinski definition) is 2. The predicted octanol–water partition coefficient (Wildman–Crippen LogP) is 2.23. The number of rotatable bonds is 5. The van der Waals surface area contributed by atoms with Crippen LogP contribution in [-0.4, -0.2) is 24.7 Å². The summed E-state index contributed by atoms with van der Waals surface area (Å²) in [6.07, 6.45) is 2.31. The van der Waals surface area contributed by atoms with Crippen molar-refractivity contribution in [2.24, 2.45) is 5.41 Å². The van der Waals surface area contributed by atoms with Crippen LogP contribution in [0.2, 0.25) is 0 Å². The largest absolute Gasteiger partial charge is 0.497 e. The Morgan fingerprint density at radius 2 is 2.32 bits per heavy atom. The minimum Gasteiger partial charge on any atom is -0.497 e. The van der Waals surface area contributed by atoms with Crippen LogP contribution in [0.15, 0.2) is 18.2 Å². The molecule has 0 saturated heterocycles. The summed E-state index contributed by atoms with van der Waals surface area (Å²) in [5.74, 6) is -0.132. The molecule has 0 aromatic heterocycles. The molecule has 0 radical (unpaired) electrons. The van der Waals surface area contributed by atoms with E-state index in [9.17, 15) is 9.90 Å². The van der Waals surface area contributed by atoms with Crippen LogP contribution in [0.5, 0.6) is 5.75 Å². The molecule has 5 nitrogen and oxygen atoms in total. The van der Waals surface area contributed by atoms with Gasteiger partial charge in [-0.3, -0.25) is 4.79 Å². The lowest BCUT2D eigenvalue weighted by Gasteiger charge is -2.38. The molecule has 19 heavy (non-hydrogen) atoms. The highest BCUT2D eigenvalue weighted by atomic mass is 16.5. The fourth-order valence-corrected chi connectivity index (χ4v) is 2.23. The number of carboxylic acids is 1. The summed E-state index contributed by atoms with van der Waals surface area (Å²) in [5.41, 5.74) is 0.422. The van der Waals surface area contributed by atoms with E-state index in [2.05, 4.69) is 11.4 Å². The van der Waals surface area contributed by atoms with E-state index >= 15 is 0 Å². The van der Waals surface area contributed by atoms with Gasteiger partial charge >= 0.3 is 5.97 Å². The number of nitrogens with one attached hydrogen (secondary N) is 1. The Labute approximate surface area is 111 Å². The average Bonchev–Trinajstić information content (AvgIpc) is 2.36. The predicted molar refractivity (Wildman–Crippen MR) is 70.1 cm³/mol. The maximum Gasteiger partial charge on any atom is 0.311 e. The van der Waals surface area contributed by atoms with Gasteiger partial charge in [-0.15, -0.1) is 0 Å². The maximum atomic E-state index is 11.3. The van der Waals surface area contributed by atoms with Crippen molar-refractivity contribution in [2.45, 2.75) is 19.3 Å². The summed E-state index contributed by atoms with van der Waals surface area (Å²) in [5, 5.41) is 21.4. The lowest BCUT2D eigenvalue weighted by Crippen LogP contribution is -2.43. The first-order valence-corrected chi connectivity index (χ1v) is 6.17. The lowest BCUT2D eigenvalue weighted by molar-refractivity contribution is -0.153. The summed E-state index contributed by atoms with van der Waals surface area (Å²) >= 11 is 0. The van der Waals surface area contributed by atoms with Crippen molar-refractivity contribution in [3.63, 3.8) is 0 Å². The highest BCUT2D eigenvalue weighted by Gasteiger charge is 2.44. The fraction of sp³-hybridized carbons (Fsp3) is 0.429. The number of benzene rings is 1. The van der Waals surface area contributed by atoms with Gasteiger partial charge in [0.1, 0.15) is 11.8 Å². The molecule has 2 rings (SSSR count). The Morgan fingerprint density at radius 1 is 1.58 bits per heavy atom. The molecule has 5 heteroatoms. The molecule has 1 aliphatic rings. The Balaban J connectivity index is 2.15. The summed E-state index contributed by atoms with van der Waals surface area (Å²) in [7, 11) is 1.55. The summed E-state index contributed by atoms with van der Waals surface area (Å²) < 4.78 is 5.11. The zero-order valence-electron chi connectivity index (χ0n) is 10.8. The Kier molecular flexibility index (Phi) is 3.61. The topological polar surface area (TPSA) is 82.3 Å². The normalized spacial score (nSPS) is 16.0. The van der Waals surface area contributed by atoms with Gasteiger partial charge in [-0.05, 0) is 25.0 Å². The zero-order valence-corrected chi connectivity index (χ0v) is 10.8. The third-order valence-electron chi connectivity index (χ3n) is 3.73. The molecule has 100 valence electrons. The number of hydrogen-bond acceptors (Lipinski definition) is 4. The van der Waals surface area contributed by atoms with Crippen LogP contribution in [0.3, 0.4) is 0 Å². The lowest BCUT2D eigenvalue weighted by atomic mass is 9.69. The van der Waals surface area contributed by atoms with Crippen LogP contribution < -0.4 is 10.1 Å². The summed E-state index contributed by atoms with van der Waals surface area (Å²) in [6, 6.07) is 7.17. The average molecular weight is 260 g/mol. The fourth-order valence-electron chi connectivity index (χ4n) is 2.23. The molecule has 0 aliphatic heterocycles. The Hall–Kier alpha value is -2.22. The molecule has 1 fully saturated rings. The zero-order chi connectivity index (χ0) is 13.9. The molecule has 0 unspecified atom stereocenters. The maximum absolute atomic E-state index is 11.3.